The molecule has 0 fully saturated rings. The molecule has 0 radical (unpaired) electrons. The number of hydrogen-bond acceptors (Lipinski definition) is 5. The van der Waals surface area contributed by atoms with E-state index in [9.17, 15) is 9.18 Å². The van der Waals surface area contributed by atoms with Gasteiger partial charge in [-0.2, -0.15) is 10.1 Å². The number of anilines is 1. The zero-order valence-electron chi connectivity index (χ0n) is 15.8. The average molecular weight is 519 g/mol. The van der Waals surface area contributed by atoms with Crippen LogP contribution in [0.25, 0.3) is 10.2 Å². The van der Waals surface area contributed by atoms with E-state index in [1.165, 1.54) is 28.5 Å². The number of benzene rings is 3. The summed E-state index contributed by atoms with van der Waals surface area (Å²) in [6, 6.07) is 18.4. The third-order valence-electron chi connectivity index (χ3n) is 4.12. The molecule has 9 heteroatoms. The van der Waals surface area contributed by atoms with Crippen molar-refractivity contribution in [3.63, 3.8) is 0 Å². The predicted molar refractivity (Wildman–Crippen MR) is 126 cm³/mol. The fourth-order valence-electron chi connectivity index (χ4n) is 2.61. The number of halogens is 3. The highest BCUT2D eigenvalue weighted by molar-refractivity contribution is 9.10. The van der Waals surface area contributed by atoms with Crippen molar-refractivity contribution in [3.8, 4) is 5.75 Å². The zero-order chi connectivity index (χ0) is 21.8. The van der Waals surface area contributed by atoms with Crippen molar-refractivity contribution in [3.05, 3.63) is 87.6 Å². The average Bonchev–Trinajstić information content (AvgIpc) is 3.17. The van der Waals surface area contributed by atoms with E-state index in [0.29, 0.717) is 26.1 Å². The minimum atomic E-state index is -0.428. The van der Waals surface area contributed by atoms with Gasteiger partial charge in [0, 0.05) is 9.50 Å². The SMILES string of the molecule is O=C(COc1ccc(Cl)cc1)N(/N=C/c1ccc(Br)cc1)c1nc2ccc(F)cc2s1. The van der Waals surface area contributed by atoms with Crippen LogP contribution in [-0.2, 0) is 4.79 Å². The molecule has 0 aliphatic rings. The lowest BCUT2D eigenvalue weighted by atomic mass is 10.2. The Morgan fingerprint density at radius 3 is 2.65 bits per heavy atom. The number of carbonyl (C=O) groups is 1. The molecule has 5 nitrogen and oxygen atoms in total. The Labute approximate surface area is 194 Å². The van der Waals surface area contributed by atoms with Gasteiger partial charge < -0.3 is 4.74 Å². The van der Waals surface area contributed by atoms with Crippen LogP contribution in [0.4, 0.5) is 9.52 Å². The molecule has 0 spiro atoms. The van der Waals surface area contributed by atoms with E-state index in [-0.39, 0.29) is 12.4 Å². The normalized spacial score (nSPS) is 11.2. The molecule has 31 heavy (non-hydrogen) atoms. The quantitative estimate of drug-likeness (QED) is 0.222. The lowest BCUT2D eigenvalue weighted by molar-refractivity contribution is -0.120. The number of nitrogens with zero attached hydrogens (tertiary/aromatic N) is 3. The highest BCUT2D eigenvalue weighted by atomic mass is 79.9. The number of amides is 1. The Hall–Kier alpha value is -2.81. The Bertz CT molecular complexity index is 1250. The van der Waals surface area contributed by atoms with Gasteiger partial charge in [0.15, 0.2) is 6.61 Å². The molecule has 0 aliphatic heterocycles. The standard InChI is InChI=1S/C22H14BrClFN3O2S/c23-15-3-1-14(2-4-15)12-26-28(21(29)13-30-18-8-5-16(24)6-9-18)22-27-19-10-7-17(25)11-20(19)31-22/h1-12H,13H2/b26-12+. The van der Waals surface area contributed by atoms with Crippen molar-refractivity contribution in [2.24, 2.45) is 5.10 Å². The van der Waals surface area contributed by atoms with Crippen molar-refractivity contribution >= 4 is 66.3 Å². The predicted octanol–water partition coefficient (Wildman–Crippen LogP) is 6.30. The molecular weight excluding hydrogens is 505 g/mol. The molecular formula is C22H14BrClFN3O2S. The van der Waals surface area contributed by atoms with Crippen molar-refractivity contribution < 1.29 is 13.9 Å². The summed E-state index contributed by atoms with van der Waals surface area (Å²) in [4.78, 5) is 17.4. The van der Waals surface area contributed by atoms with E-state index >= 15 is 0 Å². The maximum absolute atomic E-state index is 13.6. The van der Waals surface area contributed by atoms with Crippen molar-refractivity contribution in [2.45, 2.75) is 0 Å². The molecule has 0 bridgehead atoms. The molecule has 156 valence electrons. The summed E-state index contributed by atoms with van der Waals surface area (Å²) in [7, 11) is 0. The Morgan fingerprint density at radius 2 is 1.90 bits per heavy atom. The molecule has 4 aromatic rings. The number of hydrazone groups is 1. The maximum atomic E-state index is 13.6. The molecule has 0 N–H and O–H groups in total. The van der Waals surface area contributed by atoms with E-state index in [0.717, 1.165) is 10.0 Å². The van der Waals surface area contributed by atoms with E-state index < -0.39 is 5.91 Å². The zero-order valence-corrected chi connectivity index (χ0v) is 19.0. The topological polar surface area (TPSA) is 54.8 Å². The van der Waals surface area contributed by atoms with Crippen molar-refractivity contribution in [1.29, 1.82) is 0 Å². The van der Waals surface area contributed by atoms with Crippen molar-refractivity contribution in [1.82, 2.24) is 4.98 Å². The number of rotatable bonds is 6. The molecule has 0 unspecified atom stereocenters. The van der Waals surface area contributed by atoms with Gasteiger partial charge in [-0.15, -0.1) is 0 Å². The number of ether oxygens (including phenoxy) is 1. The van der Waals surface area contributed by atoms with Gasteiger partial charge >= 0.3 is 0 Å². The number of aromatic nitrogens is 1. The number of thiazole rings is 1. The van der Waals surface area contributed by atoms with E-state index in [2.05, 4.69) is 26.0 Å². The second-order valence-corrected chi connectivity index (χ2v) is 8.71. The largest absolute Gasteiger partial charge is 0.484 e. The molecule has 0 aliphatic carbocycles. The maximum Gasteiger partial charge on any atom is 0.287 e. The first kappa shape index (κ1) is 21.4. The summed E-state index contributed by atoms with van der Waals surface area (Å²) in [5.74, 6) is -0.297. The first-order chi connectivity index (χ1) is 15.0. The third kappa shape index (κ3) is 5.46. The summed E-state index contributed by atoms with van der Waals surface area (Å²) in [5.41, 5.74) is 1.38. The monoisotopic (exact) mass is 517 g/mol. The number of carbonyl (C=O) groups excluding carboxylic acids is 1. The highest BCUT2D eigenvalue weighted by Crippen LogP contribution is 2.30. The van der Waals surface area contributed by atoms with E-state index in [1.807, 2.05) is 24.3 Å². The van der Waals surface area contributed by atoms with Crippen LogP contribution in [0.15, 0.2) is 76.3 Å². The Balaban J connectivity index is 1.61. The lowest BCUT2D eigenvalue weighted by Crippen LogP contribution is -2.30. The summed E-state index contributed by atoms with van der Waals surface area (Å²) < 4.78 is 20.7. The number of hydrogen-bond donors (Lipinski definition) is 0. The molecule has 3 aromatic carbocycles. The summed E-state index contributed by atoms with van der Waals surface area (Å²) in [6.07, 6.45) is 1.55. The second-order valence-electron chi connectivity index (χ2n) is 6.35. The van der Waals surface area contributed by atoms with Crippen molar-refractivity contribution in [2.75, 3.05) is 11.6 Å². The molecule has 0 saturated heterocycles. The highest BCUT2D eigenvalue weighted by Gasteiger charge is 2.20. The fraction of sp³-hybridized carbons (Fsp3) is 0.0455. The first-order valence-corrected chi connectivity index (χ1v) is 11.0. The Kier molecular flexibility index (Phi) is 6.60. The van der Waals surface area contributed by atoms with Gasteiger partial charge in [-0.05, 0) is 60.2 Å². The lowest BCUT2D eigenvalue weighted by Gasteiger charge is -2.14. The molecule has 1 amide bonds. The minimum absolute atomic E-state index is 0.260. The van der Waals surface area contributed by atoms with Gasteiger partial charge in [0.1, 0.15) is 11.6 Å². The molecule has 1 heterocycles. The van der Waals surface area contributed by atoms with Crippen LogP contribution in [0.2, 0.25) is 5.02 Å². The van der Waals surface area contributed by atoms with Crippen LogP contribution in [0.1, 0.15) is 5.56 Å². The second kappa shape index (κ2) is 9.55. The van der Waals surface area contributed by atoms with Crippen LogP contribution >= 0.6 is 38.9 Å². The van der Waals surface area contributed by atoms with Gasteiger partial charge in [-0.1, -0.05) is 51.0 Å². The smallest absolute Gasteiger partial charge is 0.287 e. The van der Waals surface area contributed by atoms with Crippen LogP contribution in [0, 0.1) is 5.82 Å². The summed E-state index contributed by atoms with van der Waals surface area (Å²) >= 11 is 10.4. The van der Waals surface area contributed by atoms with Gasteiger partial charge in [0.25, 0.3) is 5.91 Å². The van der Waals surface area contributed by atoms with Gasteiger partial charge in [0.2, 0.25) is 5.13 Å². The van der Waals surface area contributed by atoms with Crippen LogP contribution in [0.5, 0.6) is 5.75 Å². The minimum Gasteiger partial charge on any atom is -0.484 e. The summed E-state index contributed by atoms with van der Waals surface area (Å²) in [6.45, 7) is -0.260. The fourth-order valence-corrected chi connectivity index (χ4v) is 3.96. The molecule has 4 rings (SSSR count). The number of fused-ring (bicyclic) bond motifs is 1. The van der Waals surface area contributed by atoms with Gasteiger partial charge in [-0.25, -0.2) is 9.37 Å². The molecule has 0 saturated carbocycles. The van der Waals surface area contributed by atoms with Crippen LogP contribution in [-0.4, -0.2) is 23.7 Å². The van der Waals surface area contributed by atoms with Gasteiger partial charge in [-0.3, -0.25) is 4.79 Å². The third-order valence-corrected chi connectivity index (χ3v) is 5.90. The summed E-state index contributed by atoms with van der Waals surface area (Å²) in [5, 5.41) is 6.39. The first-order valence-electron chi connectivity index (χ1n) is 9.05. The molecule has 0 atom stereocenters. The van der Waals surface area contributed by atoms with Crippen LogP contribution in [0.3, 0.4) is 0 Å². The Morgan fingerprint density at radius 1 is 1.16 bits per heavy atom. The van der Waals surface area contributed by atoms with E-state index in [4.69, 9.17) is 16.3 Å². The van der Waals surface area contributed by atoms with Crippen LogP contribution < -0.4 is 9.75 Å². The van der Waals surface area contributed by atoms with E-state index in [1.54, 1.807) is 36.5 Å². The van der Waals surface area contributed by atoms with Gasteiger partial charge in [0.05, 0.1) is 16.4 Å². The molecule has 1 aromatic heterocycles.